The van der Waals surface area contributed by atoms with Gasteiger partial charge in [-0.2, -0.15) is 0 Å². The third-order valence-corrected chi connectivity index (χ3v) is 3.73. The van der Waals surface area contributed by atoms with E-state index < -0.39 is 0 Å². The molecule has 1 saturated carbocycles. The molecule has 1 aliphatic carbocycles. The predicted molar refractivity (Wildman–Crippen MR) is 54.7 cm³/mol. The first-order valence-corrected chi connectivity index (χ1v) is 5.22. The molecule has 3 unspecified atom stereocenters. The van der Waals surface area contributed by atoms with Gasteiger partial charge >= 0.3 is 0 Å². The third-order valence-electron chi connectivity index (χ3n) is 3.73. The fraction of sp³-hybridized carbons (Fsp3) is 0.900. The maximum atomic E-state index is 11.0. The number of hydrogen-bond acceptors (Lipinski definition) is 3. The first-order chi connectivity index (χ1) is 6.52. The second-order valence-electron chi connectivity index (χ2n) is 4.81. The smallest absolute Gasteiger partial charge is 0.234 e. The van der Waals surface area contributed by atoms with Crippen LogP contribution in [-0.2, 0) is 4.79 Å². The van der Waals surface area contributed by atoms with E-state index in [0.29, 0.717) is 0 Å². The highest BCUT2D eigenvalue weighted by Gasteiger charge is 2.57. The van der Waals surface area contributed by atoms with Crippen LogP contribution in [0.5, 0.6) is 0 Å². The van der Waals surface area contributed by atoms with Crippen molar-refractivity contribution in [3.63, 3.8) is 0 Å². The predicted octanol–water partition coefficient (Wildman–Crippen LogP) is -0.648. The number of carbonyl (C=O) groups is 1. The van der Waals surface area contributed by atoms with Crippen LogP contribution < -0.4 is 5.73 Å². The summed E-state index contributed by atoms with van der Waals surface area (Å²) in [6.07, 6.45) is 0. The average Bonchev–Trinajstić information content (AvgIpc) is 2.62. The van der Waals surface area contributed by atoms with Crippen molar-refractivity contribution in [2.45, 2.75) is 19.0 Å². The van der Waals surface area contributed by atoms with E-state index in [2.05, 4.69) is 23.9 Å². The molecule has 1 aliphatic heterocycles. The zero-order chi connectivity index (χ0) is 10.5. The van der Waals surface area contributed by atoms with Crippen LogP contribution >= 0.6 is 0 Å². The quantitative estimate of drug-likeness (QED) is 0.654. The molecule has 0 aromatic rings. The number of nitrogens with zero attached hydrogens (tertiary/aromatic N) is 2. The molecule has 0 radical (unpaired) electrons. The molecule has 2 fully saturated rings. The van der Waals surface area contributed by atoms with Gasteiger partial charge in [-0.05, 0) is 32.9 Å². The first kappa shape index (κ1) is 9.93. The molecule has 0 bridgehead atoms. The Morgan fingerprint density at radius 2 is 1.93 bits per heavy atom. The van der Waals surface area contributed by atoms with Crippen molar-refractivity contribution < 1.29 is 4.79 Å². The minimum atomic E-state index is -0.201. The Hall–Kier alpha value is -0.610. The van der Waals surface area contributed by atoms with E-state index in [1.807, 2.05) is 6.92 Å². The molecule has 0 aromatic carbocycles. The van der Waals surface area contributed by atoms with Crippen molar-refractivity contribution in [1.29, 1.82) is 0 Å². The number of carbonyl (C=O) groups excluding carboxylic acids is 1. The summed E-state index contributed by atoms with van der Waals surface area (Å²) in [6.45, 7) is 3.98. The maximum absolute atomic E-state index is 11.0. The van der Waals surface area contributed by atoms with Gasteiger partial charge in [0, 0.05) is 19.1 Å². The number of nitrogens with two attached hydrogens (primary N) is 1. The lowest BCUT2D eigenvalue weighted by atomic mass is 10.2. The monoisotopic (exact) mass is 197 g/mol. The fourth-order valence-corrected chi connectivity index (χ4v) is 2.79. The Labute approximate surface area is 85.0 Å². The molecular formula is C10H19N3O. The van der Waals surface area contributed by atoms with E-state index in [1.165, 1.54) is 0 Å². The maximum Gasteiger partial charge on any atom is 0.234 e. The van der Waals surface area contributed by atoms with Gasteiger partial charge in [-0.25, -0.2) is 0 Å². The Kier molecular flexibility index (Phi) is 2.27. The molecule has 1 heterocycles. The van der Waals surface area contributed by atoms with Crippen molar-refractivity contribution >= 4 is 5.91 Å². The van der Waals surface area contributed by atoms with Gasteiger partial charge in [-0.3, -0.25) is 9.69 Å². The summed E-state index contributed by atoms with van der Waals surface area (Å²) < 4.78 is 0. The number of hydrogen-bond donors (Lipinski definition) is 1. The van der Waals surface area contributed by atoms with Gasteiger partial charge in [0.25, 0.3) is 0 Å². The van der Waals surface area contributed by atoms with Gasteiger partial charge in [0.2, 0.25) is 5.91 Å². The van der Waals surface area contributed by atoms with Crippen molar-refractivity contribution in [1.82, 2.24) is 9.80 Å². The van der Waals surface area contributed by atoms with Crippen molar-refractivity contribution in [2.24, 2.45) is 17.6 Å². The largest absolute Gasteiger partial charge is 0.368 e. The van der Waals surface area contributed by atoms with Crippen LogP contribution in [0.4, 0.5) is 0 Å². The Bertz CT molecular complexity index is 242. The van der Waals surface area contributed by atoms with Crippen LogP contribution in [0.1, 0.15) is 6.92 Å². The molecule has 14 heavy (non-hydrogen) atoms. The Morgan fingerprint density at radius 1 is 1.43 bits per heavy atom. The van der Waals surface area contributed by atoms with Crippen LogP contribution in [0.3, 0.4) is 0 Å². The number of likely N-dealkylation sites (tertiary alicyclic amines) is 1. The summed E-state index contributed by atoms with van der Waals surface area (Å²) in [5.74, 6) is 1.34. The topological polar surface area (TPSA) is 49.6 Å². The van der Waals surface area contributed by atoms with Crippen LogP contribution in [0, 0.1) is 11.8 Å². The standard InChI is InChI=1S/C10H19N3O/c1-6(10(11)14)13-4-7-8(5-13)9(7)12(2)3/h6-9H,4-5H2,1-3H3,(H2,11,14). The lowest BCUT2D eigenvalue weighted by Gasteiger charge is -2.25. The molecule has 1 saturated heterocycles. The van der Waals surface area contributed by atoms with Gasteiger partial charge < -0.3 is 10.6 Å². The fourth-order valence-electron chi connectivity index (χ4n) is 2.79. The van der Waals surface area contributed by atoms with Gasteiger partial charge in [0.15, 0.2) is 0 Å². The molecule has 2 aliphatic rings. The van der Waals surface area contributed by atoms with Crippen LogP contribution in [0.2, 0.25) is 0 Å². The Morgan fingerprint density at radius 3 is 2.29 bits per heavy atom. The molecule has 80 valence electrons. The van der Waals surface area contributed by atoms with Crippen LogP contribution in [0.15, 0.2) is 0 Å². The SMILES string of the molecule is CC(C(N)=O)N1CC2C(C1)C2N(C)C. The van der Waals surface area contributed by atoms with E-state index in [4.69, 9.17) is 5.73 Å². The second-order valence-corrected chi connectivity index (χ2v) is 4.81. The molecule has 4 heteroatoms. The summed E-state index contributed by atoms with van der Waals surface area (Å²) in [7, 11) is 4.26. The second kappa shape index (κ2) is 3.21. The van der Waals surface area contributed by atoms with Crippen molar-refractivity contribution in [3.05, 3.63) is 0 Å². The molecule has 2 N–H and O–H groups in total. The third kappa shape index (κ3) is 1.42. The van der Waals surface area contributed by atoms with Gasteiger partial charge in [0.1, 0.15) is 0 Å². The van der Waals surface area contributed by atoms with Crippen molar-refractivity contribution in [3.8, 4) is 0 Å². The van der Waals surface area contributed by atoms with Gasteiger partial charge in [-0.1, -0.05) is 0 Å². The molecule has 4 nitrogen and oxygen atoms in total. The summed E-state index contributed by atoms with van der Waals surface area (Å²) in [4.78, 5) is 15.5. The molecule has 0 aromatic heterocycles. The lowest BCUT2D eigenvalue weighted by Crippen LogP contribution is -2.44. The van der Waals surface area contributed by atoms with E-state index in [1.54, 1.807) is 0 Å². The normalized spacial score (nSPS) is 38.4. The zero-order valence-corrected chi connectivity index (χ0v) is 9.10. The molecular weight excluding hydrogens is 178 g/mol. The Balaban J connectivity index is 1.87. The average molecular weight is 197 g/mol. The minimum absolute atomic E-state index is 0.0920. The minimum Gasteiger partial charge on any atom is -0.368 e. The molecule has 3 atom stereocenters. The molecule has 0 spiro atoms. The van der Waals surface area contributed by atoms with E-state index in [9.17, 15) is 4.79 Å². The highest BCUT2D eigenvalue weighted by atomic mass is 16.1. The number of rotatable bonds is 3. The van der Waals surface area contributed by atoms with Crippen LogP contribution in [-0.4, -0.2) is 55.0 Å². The highest BCUT2D eigenvalue weighted by Crippen LogP contribution is 2.48. The highest BCUT2D eigenvalue weighted by molar-refractivity contribution is 5.79. The number of amides is 1. The summed E-state index contributed by atoms with van der Waals surface area (Å²) in [5.41, 5.74) is 5.28. The zero-order valence-electron chi connectivity index (χ0n) is 9.10. The van der Waals surface area contributed by atoms with E-state index in [-0.39, 0.29) is 11.9 Å². The number of piperidine rings is 1. The molecule has 2 rings (SSSR count). The van der Waals surface area contributed by atoms with E-state index in [0.717, 1.165) is 31.0 Å². The first-order valence-electron chi connectivity index (χ1n) is 5.22. The number of fused-ring (bicyclic) bond motifs is 1. The van der Waals surface area contributed by atoms with E-state index >= 15 is 0 Å². The van der Waals surface area contributed by atoms with Crippen LogP contribution in [0.25, 0.3) is 0 Å². The lowest BCUT2D eigenvalue weighted by molar-refractivity contribution is -0.122. The summed E-state index contributed by atoms with van der Waals surface area (Å²) >= 11 is 0. The summed E-state index contributed by atoms with van der Waals surface area (Å²) in [6, 6.07) is 0.650. The van der Waals surface area contributed by atoms with Gasteiger partial charge in [0.05, 0.1) is 6.04 Å². The number of primary amides is 1. The molecule has 1 amide bonds. The summed E-state index contributed by atoms with van der Waals surface area (Å²) in [5, 5.41) is 0. The van der Waals surface area contributed by atoms with Crippen molar-refractivity contribution in [2.75, 3.05) is 27.2 Å². The van der Waals surface area contributed by atoms with Gasteiger partial charge in [-0.15, -0.1) is 0 Å².